The lowest BCUT2D eigenvalue weighted by Crippen LogP contribution is -2.29. The largest absolute Gasteiger partial charge is 0.422 e. The molecule has 1 saturated heterocycles. The number of rotatable bonds is 2. The lowest BCUT2D eigenvalue weighted by Gasteiger charge is -2.28. The number of nitrogens with zero attached hydrogens (tertiary/aromatic N) is 2. The summed E-state index contributed by atoms with van der Waals surface area (Å²) in [7, 11) is 0. The lowest BCUT2D eigenvalue weighted by molar-refractivity contribution is 0.560. The molecule has 0 aliphatic carbocycles. The molecule has 1 aliphatic heterocycles. The van der Waals surface area contributed by atoms with Crippen LogP contribution in [0, 0.1) is 0 Å². The molecule has 2 aromatic carbocycles. The number of para-hydroxylation sites is 1. The third kappa shape index (κ3) is 2.69. The Morgan fingerprint density at radius 1 is 1.00 bits per heavy atom. The van der Waals surface area contributed by atoms with Crippen LogP contribution in [-0.4, -0.2) is 18.1 Å². The minimum atomic E-state index is -0.327. The second-order valence-electron chi connectivity index (χ2n) is 6.70. The van der Waals surface area contributed by atoms with Gasteiger partial charge in [0.15, 0.2) is 0 Å². The first-order valence-corrected chi connectivity index (χ1v) is 9.78. The molecule has 1 aliphatic rings. The van der Waals surface area contributed by atoms with Crippen molar-refractivity contribution in [2.45, 2.75) is 19.3 Å². The molecule has 4 nitrogen and oxygen atoms in total. The first kappa shape index (κ1) is 15.6. The second kappa shape index (κ2) is 6.25. The Labute approximate surface area is 154 Å². The Bertz CT molecular complexity index is 1120. The predicted octanol–water partition coefficient (Wildman–Crippen LogP) is 5.06. The molecule has 1 fully saturated rings. The maximum absolute atomic E-state index is 12.6. The molecule has 0 radical (unpaired) electrons. The molecule has 3 heterocycles. The molecule has 0 N–H and O–H groups in total. The van der Waals surface area contributed by atoms with Gasteiger partial charge in [0.1, 0.15) is 10.6 Å². The highest BCUT2D eigenvalue weighted by Crippen LogP contribution is 2.31. The summed E-state index contributed by atoms with van der Waals surface area (Å²) in [5.41, 5.74) is 2.89. The first-order chi connectivity index (χ1) is 12.8. The van der Waals surface area contributed by atoms with Crippen molar-refractivity contribution in [1.29, 1.82) is 0 Å². The summed E-state index contributed by atoms with van der Waals surface area (Å²) in [6, 6.07) is 16.0. The van der Waals surface area contributed by atoms with Gasteiger partial charge in [0.05, 0.1) is 15.8 Å². The summed E-state index contributed by atoms with van der Waals surface area (Å²) in [4.78, 5) is 19.5. The number of piperidine rings is 1. The summed E-state index contributed by atoms with van der Waals surface area (Å²) >= 11 is 1.52. The van der Waals surface area contributed by atoms with Crippen LogP contribution in [0.15, 0.2) is 57.7 Å². The highest BCUT2D eigenvalue weighted by Gasteiger charge is 2.15. The van der Waals surface area contributed by atoms with Gasteiger partial charge in [-0.1, -0.05) is 12.1 Å². The number of fused-ring (bicyclic) bond motifs is 2. The van der Waals surface area contributed by atoms with E-state index in [0.29, 0.717) is 16.2 Å². The normalized spacial score (nSPS) is 15.0. The fraction of sp³-hybridized carbons (Fsp3) is 0.238. The molecule has 0 amide bonds. The zero-order valence-electron chi connectivity index (χ0n) is 14.3. The van der Waals surface area contributed by atoms with E-state index in [2.05, 4.69) is 16.0 Å². The summed E-state index contributed by atoms with van der Waals surface area (Å²) in [5.74, 6) is 0. The van der Waals surface area contributed by atoms with Crippen molar-refractivity contribution < 1.29 is 4.42 Å². The van der Waals surface area contributed by atoms with Crippen LogP contribution in [-0.2, 0) is 0 Å². The molecule has 0 unspecified atom stereocenters. The average molecular weight is 362 g/mol. The van der Waals surface area contributed by atoms with E-state index in [1.54, 1.807) is 0 Å². The molecule has 130 valence electrons. The third-order valence-electron chi connectivity index (χ3n) is 4.97. The van der Waals surface area contributed by atoms with Gasteiger partial charge in [0.25, 0.3) is 0 Å². The number of benzene rings is 2. The van der Waals surface area contributed by atoms with Gasteiger partial charge < -0.3 is 9.32 Å². The smallest absolute Gasteiger partial charge is 0.346 e. The minimum absolute atomic E-state index is 0.327. The number of hydrogen-bond acceptors (Lipinski definition) is 5. The van der Waals surface area contributed by atoms with Crippen LogP contribution in [0.2, 0.25) is 0 Å². The van der Waals surface area contributed by atoms with Gasteiger partial charge >= 0.3 is 5.63 Å². The van der Waals surface area contributed by atoms with Gasteiger partial charge in [0.2, 0.25) is 0 Å². The lowest BCUT2D eigenvalue weighted by atomic mass is 10.1. The Kier molecular flexibility index (Phi) is 3.75. The Morgan fingerprint density at radius 2 is 1.85 bits per heavy atom. The Balaban J connectivity index is 1.59. The molecule has 2 aromatic heterocycles. The molecule has 5 rings (SSSR count). The first-order valence-electron chi connectivity index (χ1n) is 8.97. The zero-order chi connectivity index (χ0) is 17.5. The van der Waals surface area contributed by atoms with E-state index in [0.717, 1.165) is 34.4 Å². The van der Waals surface area contributed by atoms with Crippen LogP contribution >= 0.6 is 11.3 Å². The molecule has 0 saturated carbocycles. The summed E-state index contributed by atoms with van der Waals surface area (Å²) in [6.45, 7) is 2.14. The molecular formula is C21H18N2O2S. The van der Waals surface area contributed by atoms with Crippen LogP contribution in [0.3, 0.4) is 0 Å². The molecular weight excluding hydrogens is 344 g/mol. The fourth-order valence-electron chi connectivity index (χ4n) is 3.59. The van der Waals surface area contributed by atoms with Crippen molar-refractivity contribution >= 4 is 38.2 Å². The van der Waals surface area contributed by atoms with Crippen LogP contribution in [0.1, 0.15) is 19.3 Å². The van der Waals surface area contributed by atoms with Gasteiger partial charge in [-0.15, -0.1) is 11.3 Å². The molecule has 0 atom stereocenters. The fourth-order valence-corrected chi connectivity index (χ4v) is 4.55. The molecule has 26 heavy (non-hydrogen) atoms. The highest BCUT2D eigenvalue weighted by molar-refractivity contribution is 7.21. The molecule has 5 heteroatoms. The van der Waals surface area contributed by atoms with Gasteiger partial charge in [0, 0.05) is 30.2 Å². The molecule has 4 aromatic rings. The van der Waals surface area contributed by atoms with Crippen molar-refractivity contribution in [2.75, 3.05) is 18.0 Å². The quantitative estimate of drug-likeness (QED) is 0.468. The maximum atomic E-state index is 12.6. The van der Waals surface area contributed by atoms with E-state index in [1.165, 1.54) is 30.6 Å². The summed E-state index contributed by atoms with van der Waals surface area (Å²) < 4.78 is 6.73. The van der Waals surface area contributed by atoms with Gasteiger partial charge in [-0.25, -0.2) is 9.78 Å². The average Bonchev–Trinajstić information content (AvgIpc) is 3.11. The van der Waals surface area contributed by atoms with Crippen molar-refractivity contribution in [3.63, 3.8) is 0 Å². The predicted molar refractivity (Wildman–Crippen MR) is 107 cm³/mol. The second-order valence-corrected chi connectivity index (χ2v) is 7.73. The number of anilines is 1. The van der Waals surface area contributed by atoms with Crippen LogP contribution < -0.4 is 10.5 Å². The van der Waals surface area contributed by atoms with E-state index >= 15 is 0 Å². The SMILES string of the molecule is O=c1oc2cc(N3CCCCC3)ccc2cc1-c1nc2ccccc2s1. The van der Waals surface area contributed by atoms with Crippen LogP contribution in [0.4, 0.5) is 5.69 Å². The van der Waals surface area contributed by atoms with Crippen molar-refractivity contribution in [2.24, 2.45) is 0 Å². The summed E-state index contributed by atoms with van der Waals surface area (Å²) in [6.07, 6.45) is 3.74. The zero-order valence-corrected chi connectivity index (χ0v) is 15.1. The van der Waals surface area contributed by atoms with E-state index in [-0.39, 0.29) is 5.63 Å². The molecule has 0 spiro atoms. The standard InChI is InChI=1S/C21H18N2O2S/c24-21-16(20-22-17-6-2-3-7-19(17)26-20)12-14-8-9-15(13-18(14)25-21)23-10-4-1-5-11-23/h2-3,6-9,12-13H,1,4-5,10-11H2. The molecule has 0 bridgehead atoms. The van der Waals surface area contributed by atoms with E-state index in [9.17, 15) is 4.79 Å². The summed E-state index contributed by atoms with van der Waals surface area (Å²) in [5, 5.41) is 1.64. The van der Waals surface area contributed by atoms with Crippen LogP contribution in [0.5, 0.6) is 0 Å². The van der Waals surface area contributed by atoms with Crippen LogP contribution in [0.25, 0.3) is 31.8 Å². The van der Waals surface area contributed by atoms with E-state index < -0.39 is 0 Å². The van der Waals surface area contributed by atoms with Gasteiger partial charge in [-0.3, -0.25) is 0 Å². The van der Waals surface area contributed by atoms with Crippen molar-refractivity contribution in [3.8, 4) is 10.6 Å². The topological polar surface area (TPSA) is 46.3 Å². The monoisotopic (exact) mass is 362 g/mol. The third-order valence-corrected chi connectivity index (χ3v) is 6.03. The Hall–Kier alpha value is -2.66. The van der Waals surface area contributed by atoms with Gasteiger partial charge in [-0.05, 0) is 49.6 Å². The maximum Gasteiger partial charge on any atom is 0.346 e. The highest BCUT2D eigenvalue weighted by atomic mass is 32.1. The van der Waals surface area contributed by atoms with E-state index in [4.69, 9.17) is 4.42 Å². The Morgan fingerprint density at radius 3 is 2.69 bits per heavy atom. The van der Waals surface area contributed by atoms with E-state index in [1.807, 2.05) is 42.5 Å². The number of aromatic nitrogens is 1. The number of thiazole rings is 1. The van der Waals surface area contributed by atoms with Crippen molar-refractivity contribution in [1.82, 2.24) is 4.98 Å². The van der Waals surface area contributed by atoms with Crippen molar-refractivity contribution in [3.05, 3.63) is 59.0 Å². The number of hydrogen-bond donors (Lipinski definition) is 0. The minimum Gasteiger partial charge on any atom is -0.422 e. The van der Waals surface area contributed by atoms with Gasteiger partial charge in [-0.2, -0.15) is 0 Å².